The third-order valence-electron chi connectivity index (χ3n) is 7.78. The van der Waals surface area contributed by atoms with Gasteiger partial charge in [0.05, 0.1) is 23.3 Å². The maximum absolute atomic E-state index is 9.58. The number of nitrogens with zero attached hydrogens (tertiary/aromatic N) is 5. The minimum Gasteiger partial charge on any atom is -0.369 e. The molecular formula is C27H26N6. The molecule has 2 aromatic carbocycles. The Morgan fingerprint density at radius 1 is 0.879 bits per heavy atom. The summed E-state index contributed by atoms with van der Waals surface area (Å²) in [4.78, 5) is 7.00. The van der Waals surface area contributed by atoms with E-state index in [0.717, 1.165) is 31.2 Å². The molecule has 1 N–H and O–H groups in total. The zero-order valence-electron chi connectivity index (χ0n) is 18.6. The molecule has 0 aliphatic carbocycles. The van der Waals surface area contributed by atoms with Crippen molar-refractivity contribution < 1.29 is 0 Å². The van der Waals surface area contributed by atoms with Crippen LogP contribution < -0.4 is 15.1 Å². The summed E-state index contributed by atoms with van der Waals surface area (Å²) < 4.78 is 0. The molecule has 4 aliphatic heterocycles. The zero-order chi connectivity index (χ0) is 22.5. The van der Waals surface area contributed by atoms with E-state index in [2.05, 4.69) is 82.1 Å². The normalized spacial score (nSPS) is 26.8. The van der Waals surface area contributed by atoms with E-state index in [-0.39, 0.29) is 12.3 Å². The van der Waals surface area contributed by atoms with Crippen molar-refractivity contribution in [2.24, 2.45) is 5.92 Å². The molecule has 0 spiro atoms. The van der Waals surface area contributed by atoms with Gasteiger partial charge in [0.25, 0.3) is 0 Å². The standard InChI is InChI=1S/C27H26N6/c1-31-12-13-32-24-7-2-18(16-28)14-20(24)4-5-22-21(6-9-26(31)32)23-15-19(17-29)3-8-25(23)33-11-10-30-27(22)33/h2-3,7-8,10-15,21-22,26-27,30H,4-6,9H2,1H3. The first-order valence-electron chi connectivity index (χ1n) is 11.6. The number of nitrogens with one attached hydrogen (secondary N) is 1. The number of hydrogen-bond acceptors (Lipinski definition) is 6. The van der Waals surface area contributed by atoms with Crippen LogP contribution in [0.2, 0.25) is 0 Å². The largest absolute Gasteiger partial charge is 0.369 e. The van der Waals surface area contributed by atoms with Gasteiger partial charge in [-0.3, -0.25) is 0 Å². The van der Waals surface area contributed by atoms with Gasteiger partial charge in [-0.15, -0.1) is 0 Å². The van der Waals surface area contributed by atoms with Crippen LogP contribution in [-0.2, 0) is 6.42 Å². The summed E-state index contributed by atoms with van der Waals surface area (Å²) in [6, 6.07) is 16.9. The molecule has 6 nitrogen and oxygen atoms in total. The molecule has 0 bridgehead atoms. The Kier molecular flexibility index (Phi) is 4.55. The first-order valence-corrected chi connectivity index (χ1v) is 11.6. The molecule has 0 amide bonds. The molecule has 164 valence electrons. The first kappa shape index (κ1) is 19.8. The molecule has 0 radical (unpaired) electrons. The molecule has 0 fully saturated rings. The molecule has 6 rings (SSSR count). The van der Waals surface area contributed by atoms with E-state index < -0.39 is 0 Å². The minimum absolute atomic E-state index is 0.216. The molecule has 0 aromatic heterocycles. The Hall–Kier alpha value is -3.90. The zero-order valence-corrected chi connectivity index (χ0v) is 18.6. The van der Waals surface area contributed by atoms with Crippen molar-refractivity contribution in [1.82, 2.24) is 10.2 Å². The second-order valence-electron chi connectivity index (χ2n) is 9.41. The van der Waals surface area contributed by atoms with Crippen LogP contribution in [0.5, 0.6) is 0 Å². The van der Waals surface area contributed by atoms with E-state index in [1.807, 2.05) is 18.3 Å². The van der Waals surface area contributed by atoms with Gasteiger partial charge in [0, 0.05) is 49.1 Å². The average molecular weight is 435 g/mol. The van der Waals surface area contributed by atoms with Crippen molar-refractivity contribution in [2.75, 3.05) is 16.8 Å². The van der Waals surface area contributed by atoms with Gasteiger partial charge in [0.1, 0.15) is 12.3 Å². The highest BCUT2D eigenvalue weighted by Crippen LogP contribution is 2.48. The number of rotatable bonds is 0. The van der Waals surface area contributed by atoms with Gasteiger partial charge in [-0.1, -0.05) is 0 Å². The van der Waals surface area contributed by atoms with E-state index in [4.69, 9.17) is 0 Å². The fourth-order valence-corrected chi connectivity index (χ4v) is 6.20. The predicted octanol–water partition coefficient (Wildman–Crippen LogP) is 4.33. The van der Waals surface area contributed by atoms with Crippen molar-refractivity contribution >= 4 is 11.4 Å². The average Bonchev–Trinajstić information content (AvgIpc) is 3.48. The van der Waals surface area contributed by atoms with Gasteiger partial charge < -0.3 is 20.0 Å². The van der Waals surface area contributed by atoms with Gasteiger partial charge in [-0.2, -0.15) is 10.5 Å². The summed E-state index contributed by atoms with van der Waals surface area (Å²) in [6.45, 7) is 0. The molecule has 0 saturated heterocycles. The van der Waals surface area contributed by atoms with E-state index >= 15 is 0 Å². The molecule has 4 aliphatic rings. The number of nitriles is 2. The lowest BCUT2D eigenvalue weighted by atomic mass is 9.73. The van der Waals surface area contributed by atoms with E-state index in [0.29, 0.717) is 17.4 Å². The third kappa shape index (κ3) is 3.06. The number of anilines is 2. The summed E-state index contributed by atoms with van der Waals surface area (Å²) in [7, 11) is 2.14. The SMILES string of the molecule is CN1C=CN2c3ccc(C#N)cc3CCC3C(CCC12)c1cc(C#N)ccc1N1C=CNC31. The molecule has 6 heteroatoms. The number of hydrogen-bond donors (Lipinski definition) is 1. The highest BCUT2D eigenvalue weighted by molar-refractivity contribution is 5.64. The molecule has 4 heterocycles. The van der Waals surface area contributed by atoms with E-state index in [9.17, 15) is 10.5 Å². The molecule has 33 heavy (non-hydrogen) atoms. The van der Waals surface area contributed by atoms with Crippen LogP contribution in [0.15, 0.2) is 61.2 Å². The summed E-state index contributed by atoms with van der Waals surface area (Å²) in [5.74, 6) is 0.754. The van der Waals surface area contributed by atoms with Crippen molar-refractivity contribution in [3.05, 3.63) is 83.5 Å². The molecule has 2 aromatic rings. The van der Waals surface area contributed by atoms with Crippen LogP contribution in [0, 0.1) is 28.6 Å². The second-order valence-corrected chi connectivity index (χ2v) is 9.41. The van der Waals surface area contributed by atoms with Crippen LogP contribution >= 0.6 is 0 Å². The highest BCUT2D eigenvalue weighted by Gasteiger charge is 2.43. The van der Waals surface area contributed by atoms with Crippen LogP contribution in [0.1, 0.15) is 47.4 Å². The second kappa shape index (κ2) is 7.60. The molecular weight excluding hydrogens is 408 g/mol. The fraction of sp³-hybridized carbons (Fsp3) is 0.333. The lowest BCUT2D eigenvalue weighted by molar-refractivity contribution is 0.255. The van der Waals surface area contributed by atoms with Gasteiger partial charge in [0.15, 0.2) is 0 Å². The van der Waals surface area contributed by atoms with Gasteiger partial charge in [-0.05, 0) is 79.1 Å². The lowest BCUT2D eigenvalue weighted by Crippen LogP contribution is -2.49. The summed E-state index contributed by atoms with van der Waals surface area (Å²) >= 11 is 0. The fourth-order valence-electron chi connectivity index (χ4n) is 6.20. The predicted molar refractivity (Wildman–Crippen MR) is 128 cm³/mol. The highest BCUT2D eigenvalue weighted by atomic mass is 15.4. The smallest absolute Gasteiger partial charge is 0.106 e. The van der Waals surface area contributed by atoms with Crippen molar-refractivity contribution in [2.45, 2.75) is 43.9 Å². The Bertz CT molecular complexity index is 1250. The summed E-state index contributed by atoms with van der Waals surface area (Å²) in [5.41, 5.74) is 6.37. The van der Waals surface area contributed by atoms with E-state index in [1.165, 1.54) is 22.5 Å². The Morgan fingerprint density at radius 2 is 1.67 bits per heavy atom. The Morgan fingerprint density at radius 3 is 2.48 bits per heavy atom. The van der Waals surface area contributed by atoms with Crippen LogP contribution in [0.25, 0.3) is 0 Å². The molecule has 4 atom stereocenters. The summed E-state index contributed by atoms with van der Waals surface area (Å²) in [5, 5.41) is 22.7. The molecule has 0 saturated carbocycles. The monoisotopic (exact) mass is 434 g/mol. The van der Waals surface area contributed by atoms with Crippen molar-refractivity contribution in [1.29, 1.82) is 10.5 Å². The lowest BCUT2D eigenvalue weighted by Gasteiger charge is -2.45. The summed E-state index contributed by atoms with van der Waals surface area (Å²) in [6.07, 6.45) is 12.9. The first-order chi connectivity index (χ1) is 16.2. The van der Waals surface area contributed by atoms with Crippen LogP contribution in [-0.4, -0.2) is 24.3 Å². The minimum atomic E-state index is 0.216. The van der Waals surface area contributed by atoms with Crippen molar-refractivity contribution in [3.8, 4) is 12.1 Å². The maximum atomic E-state index is 9.58. The van der Waals surface area contributed by atoms with Crippen molar-refractivity contribution in [3.63, 3.8) is 0 Å². The Balaban J connectivity index is 1.46. The third-order valence-corrected chi connectivity index (χ3v) is 7.78. The topological polar surface area (TPSA) is 69.3 Å². The van der Waals surface area contributed by atoms with E-state index in [1.54, 1.807) is 0 Å². The van der Waals surface area contributed by atoms with Crippen LogP contribution in [0.3, 0.4) is 0 Å². The number of aryl methyl sites for hydroxylation is 1. The number of fused-ring (bicyclic) bond motifs is 9. The quantitative estimate of drug-likeness (QED) is 0.666. The Labute approximate surface area is 194 Å². The van der Waals surface area contributed by atoms with Gasteiger partial charge >= 0.3 is 0 Å². The molecule has 4 unspecified atom stereocenters. The van der Waals surface area contributed by atoms with Gasteiger partial charge in [-0.25, -0.2) is 0 Å². The van der Waals surface area contributed by atoms with Crippen LogP contribution in [0.4, 0.5) is 11.4 Å². The van der Waals surface area contributed by atoms with Gasteiger partial charge in [0.2, 0.25) is 0 Å². The number of benzene rings is 2. The maximum Gasteiger partial charge on any atom is 0.106 e.